The summed E-state index contributed by atoms with van der Waals surface area (Å²) in [5, 5.41) is 11.5. The van der Waals surface area contributed by atoms with Crippen molar-refractivity contribution in [3.05, 3.63) is 77.9 Å². The third-order valence-corrected chi connectivity index (χ3v) is 8.54. The standard InChI is InChI=1S/C28H28AsN2O6/c1-2-37-28(36)31-14-12-30(13-15-31)26(33)24(17-19-6-5-9-22(16-19)27(34)35)25(32)29-23-11-10-20-7-3-4-8-21(20)18-23/h3-11,16,18,24H,2,12-15,17H2,1H3,(H,34,35). The van der Waals surface area contributed by atoms with Crippen LogP contribution < -0.4 is 4.35 Å². The van der Waals surface area contributed by atoms with Crippen molar-refractivity contribution in [1.29, 1.82) is 0 Å². The Morgan fingerprint density at radius 3 is 2.30 bits per heavy atom. The van der Waals surface area contributed by atoms with Crippen molar-refractivity contribution in [2.45, 2.75) is 13.3 Å². The van der Waals surface area contributed by atoms with E-state index in [2.05, 4.69) is 0 Å². The summed E-state index contributed by atoms with van der Waals surface area (Å²) < 4.78 is 5.83. The summed E-state index contributed by atoms with van der Waals surface area (Å²) in [6, 6.07) is 20.2. The van der Waals surface area contributed by atoms with Gasteiger partial charge in [0.2, 0.25) is 0 Å². The molecule has 37 heavy (non-hydrogen) atoms. The van der Waals surface area contributed by atoms with Gasteiger partial charge in [0.15, 0.2) is 0 Å². The Morgan fingerprint density at radius 2 is 1.59 bits per heavy atom. The van der Waals surface area contributed by atoms with Crippen molar-refractivity contribution in [3.63, 3.8) is 0 Å². The molecule has 0 aliphatic carbocycles. The number of benzene rings is 3. The average Bonchev–Trinajstić information content (AvgIpc) is 2.91. The molecule has 1 radical (unpaired) electrons. The van der Waals surface area contributed by atoms with Gasteiger partial charge in [-0.1, -0.05) is 0 Å². The number of carbonyl (C=O) groups excluding carboxylic acids is 3. The Labute approximate surface area is 221 Å². The second kappa shape index (κ2) is 12.1. The maximum atomic E-state index is 13.6. The number of carboxylic acids is 1. The Morgan fingerprint density at radius 1 is 0.892 bits per heavy atom. The van der Waals surface area contributed by atoms with E-state index in [0.29, 0.717) is 31.7 Å². The first-order chi connectivity index (χ1) is 17.9. The van der Waals surface area contributed by atoms with Gasteiger partial charge in [0.1, 0.15) is 0 Å². The number of nitrogens with zero attached hydrogens (tertiary/aromatic N) is 2. The molecule has 2 amide bonds. The molecule has 0 bridgehead atoms. The molecule has 1 aliphatic rings. The molecule has 191 valence electrons. The minimum absolute atomic E-state index is 0.113. The first-order valence-electron chi connectivity index (χ1n) is 12.1. The van der Waals surface area contributed by atoms with E-state index < -0.39 is 33.7 Å². The molecule has 1 aliphatic heterocycles. The molecule has 0 saturated carbocycles. The molecule has 0 spiro atoms. The normalized spacial score (nSPS) is 14.6. The molecule has 4 rings (SSSR count). The third kappa shape index (κ3) is 6.57. The van der Waals surface area contributed by atoms with Crippen molar-refractivity contribution < 1.29 is 29.0 Å². The van der Waals surface area contributed by atoms with Gasteiger partial charge in [0, 0.05) is 0 Å². The Bertz CT molecular complexity index is 1320. The second-order valence-electron chi connectivity index (χ2n) is 8.75. The molecule has 1 fully saturated rings. The fourth-order valence-electron chi connectivity index (χ4n) is 4.34. The van der Waals surface area contributed by atoms with Crippen LogP contribution in [0.2, 0.25) is 0 Å². The van der Waals surface area contributed by atoms with Gasteiger partial charge in [-0.15, -0.1) is 0 Å². The number of hydrogen-bond acceptors (Lipinski definition) is 5. The van der Waals surface area contributed by atoms with E-state index in [-0.39, 0.29) is 29.1 Å². The van der Waals surface area contributed by atoms with Gasteiger partial charge in [-0.3, -0.25) is 0 Å². The van der Waals surface area contributed by atoms with E-state index in [9.17, 15) is 24.3 Å². The summed E-state index contributed by atoms with van der Waals surface area (Å²) in [4.78, 5) is 53.9. The predicted molar refractivity (Wildman–Crippen MR) is 140 cm³/mol. The van der Waals surface area contributed by atoms with Gasteiger partial charge >= 0.3 is 222 Å². The SMILES string of the molecule is CCOC(=O)N1CCN(C(=O)C(Cc2cccc(C(=O)O)c2)C(=O)[As]c2ccc3ccccc3c2)CC1. The number of amides is 2. The minimum atomic E-state index is -1.06. The maximum absolute atomic E-state index is 13.6. The number of ether oxygens (including phenoxy) is 1. The number of piperazine rings is 1. The van der Waals surface area contributed by atoms with E-state index >= 15 is 0 Å². The van der Waals surface area contributed by atoms with Gasteiger partial charge < -0.3 is 0 Å². The number of hydrogen-bond donors (Lipinski definition) is 1. The Balaban J connectivity index is 1.54. The first-order valence-corrected chi connectivity index (χ1v) is 14.0. The number of rotatable bonds is 8. The van der Waals surface area contributed by atoms with Crippen LogP contribution >= 0.6 is 0 Å². The van der Waals surface area contributed by atoms with E-state index in [1.807, 2.05) is 42.5 Å². The van der Waals surface area contributed by atoms with Crippen LogP contribution in [0, 0.1) is 5.92 Å². The van der Waals surface area contributed by atoms with E-state index in [1.165, 1.54) is 12.1 Å². The van der Waals surface area contributed by atoms with Crippen molar-refractivity contribution in [1.82, 2.24) is 9.80 Å². The van der Waals surface area contributed by atoms with Crippen molar-refractivity contribution in [2.24, 2.45) is 5.92 Å². The van der Waals surface area contributed by atoms with Gasteiger partial charge in [-0.2, -0.15) is 0 Å². The molecule has 1 saturated heterocycles. The molecular formula is C28H28AsN2O6. The van der Waals surface area contributed by atoms with Crippen LogP contribution in [-0.2, 0) is 20.7 Å². The molecule has 3 aromatic carbocycles. The van der Waals surface area contributed by atoms with E-state index in [4.69, 9.17) is 4.74 Å². The first kappa shape index (κ1) is 26.4. The number of carboxylic acid groups (broad SMARTS) is 1. The summed E-state index contributed by atoms with van der Waals surface area (Å²) in [7, 11) is 0. The van der Waals surface area contributed by atoms with Crippen LogP contribution in [0.5, 0.6) is 0 Å². The van der Waals surface area contributed by atoms with Crippen LogP contribution in [0.25, 0.3) is 10.8 Å². The van der Waals surface area contributed by atoms with Crippen LogP contribution in [0.1, 0.15) is 22.8 Å². The molecule has 1 N–H and O–H groups in total. The summed E-state index contributed by atoms with van der Waals surface area (Å²) in [6.45, 7) is 3.30. The van der Waals surface area contributed by atoms with E-state index in [0.717, 1.165) is 15.1 Å². The Hall–Kier alpha value is -3.64. The number of aromatic carboxylic acids is 1. The molecule has 9 heteroatoms. The number of carbonyl (C=O) groups is 4. The van der Waals surface area contributed by atoms with Crippen molar-refractivity contribution in [3.8, 4) is 0 Å². The number of fused-ring (bicyclic) bond motifs is 1. The molecule has 3 aromatic rings. The van der Waals surface area contributed by atoms with Gasteiger partial charge in [0.25, 0.3) is 0 Å². The third-order valence-electron chi connectivity index (χ3n) is 6.30. The fourth-order valence-corrected chi connectivity index (χ4v) is 6.37. The molecule has 8 nitrogen and oxygen atoms in total. The molecule has 0 aromatic heterocycles. The van der Waals surface area contributed by atoms with Gasteiger partial charge in [0.05, 0.1) is 0 Å². The predicted octanol–water partition coefficient (Wildman–Crippen LogP) is 2.55. The van der Waals surface area contributed by atoms with Gasteiger partial charge in [-0.25, -0.2) is 0 Å². The topological polar surface area (TPSA) is 104 Å². The van der Waals surface area contributed by atoms with Crippen LogP contribution in [0.4, 0.5) is 4.79 Å². The molecular weight excluding hydrogens is 535 g/mol. The van der Waals surface area contributed by atoms with Crippen LogP contribution in [-0.4, -0.2) is 86.0 Å². The molecule has 1 atom stereocenters. The monoisotopic (exact) mass is 563 g/mol. The van der Waals surface area contributed by atoms with E-state index in [1.54, 1.807) is 28.9 Å². The summed E-state index contributed by atoms with van der Waals surface area (Å²) in [5.74, 6) is -2.27. The van der Waals surface area contributed by atoms with Crippen molar-refractivity contribution >= 4 is 53.4 Å². The second-order valence-corrected chi connectivity index (χ2v) is 11.2. The zero-order valence-electron chi connectivity index (χ0n) is 20.5. The molecule has 1 unspecified atom stereocenters. The fraction of sp³-hybridized carbons (Fsp3) is 0.286. The van der Waals surface area contributed by atoms with Gasteiger partial charge in [-0.05, 0) is 0 Å². The van der Waals surface area contributed by atoms with Crippen molar-refractivity contribution in [2.75, 3.05) is 32.8 Å². The Kier molecular flexibility index (Phi) is 8.61. The quantitative estimate of drug-likeness (QED) is 0.334. The molecule has 1 heterocycles. The summed E-state index contributed by atoms with van der Waals surface area (Å²) in [6.07, 6.45) is -0.283. The van der Waals surface area contributed by atoms with Crippen LogP contribution in [0.15, 0.2) is 66.7 Å². The average molecular weight is 563 g/mol. The summed E-state index contributed by atoms with van der Waals surface area (Å²) >= 11 is -0.957. The zero-order valence-corrected chi connectivity index (χ0v) is 22.4. The van der Waals surface area contributed by atoms with Crippen LogP contribution in [0.3, 0.4) is 0 Å². The zero-order chi connectivity index (χ0) is 26.4. The summed E-state index contributed by atoms with van der Waals surface area (Å²) in [5.41, 5.74) is 0.735.